The third-order valence-corrected chi connectivity index (χ3v) is 2.67. The average Bonchev–Trinajstić information content (AvgIpc) is 2.37. The quantitative estimate of drug-likeness (QED) is 0.617. The lowest BCUT2D eigenvalue weighted by molar-refractivity contribution is -0.137. The van der Waals surface area contributed by atoms with Gasteiger partial charge in [0.15, 0.2) is 5.78 Å². The Morgan fingerprint density at radius 3 is 2.21 bits per heavy atom. The summed E-state index contributed by atoms with van der Waals surface area (Å²) in [6.07, 6.45) is -3.05. The highest BCUT2D eigenvalue weighted by molar-refractivity contribution is 6.29. The standard InChI is InChI=1S/C13H7ClF3NO/c14-11-7-9(5-6-18-11)12(19)8-1-3-10(4-2-8)13(15,16)17/h1-7H. The lowest BCUT2D eigenvalue weighted by Gasteiger charge is -2.07. The molecule has 1 heterocycles. The Morgan fingerprint density at radius 2 is 1.68 bits per heavy atom. The van der Waals surface area contributed by atoms with E-state index in [0.717, 1.165) is 24.3 Å². The molecule has 0 radical (unpaired) electrons. The molecular weight excluding hydrogens is 279 g/mol. The molecule has 0 bridgehead atoms. The molecule has 0 unspecified atom stereocenters. The zero-order chi connectivity index (χ0) is 14.0. The molecule has 6 heteroatoms. The molecule has 0 aliphatic rings. The fraction of sp³-hybridized carbons (Fsp3) is 0.0769. The summed E-state index contributed by atoms with van der Waals surface area (Å²) in [5.41, 5.74) is -0.355. The normalized spacial score (nSPS) is 11.4. The van der Waals surface area contributed by atoms with Crippen molar-refractivity contribution >= 4 is 17.4 Å². The Kier molecular flexibility index (Phi) is 3.57. The first-order valence-corrected chi connectivity index (χ1v) is 5.59. The zero-order valence-electron chi connectivity index (χ0n) is 9.41. The molecule has 0 N–H and O–H groups in total. The SMILES string of the molecule is O=C(c1ccc(C(F)(F)F)cc1)c1ccnc(Cl)c1. The van der Waals surface area contributed by atoms with Gasteiger partial charge < -0.3 is 0 Å². The van der Waals surface area contributed by atoms with Crippen LogP contribution in [0.25, 0.3) is 0 Å². The Labute approximate surface area is 111 Å². The van der Waals surface area contributed by atoms with Crippen LogP contribution in [0.4, 0.5) is 13.2 Å². The van der Waals surface area contributed by atoms with E-state index in [2.05, 4.69) is 4.98 Å². The maximum atomic E-state index is 12.4. The Morgan fingerprint density at radius 1 is 1.05 bits per heavy atom. The maximum Gasteiger partial charge on any atom is 0.416 e. The third-order valence-electron chi connectivity index (χ3n) is 2.46. The van der Waals surface area contributed by atoms with E-state index in [9.17, 15) is 18.0 Å². The van der Waals surface area contributed by atoms with E-state index in [1.54, 1.807) is 0 Å². The van der Waals surface area contributed by atoms with Crippen molar-refractivity contribution in [1.82, 2.24) is 4.98 Å². The molecule has 1 aromatic heterocycles. The number of halogens is 4. The van der Waals surface area contributed by atoms with Crippen molar-refractivity contribution in [3.8, 4) is 0 Å². The van der Waals surface area contributed by atoms with Crippen LogP contribution >= 0.6 is 11.6 Å². The van der Waals surface area contributed by atoms with Gasteiger partial charge in [-0.05, 0) is 24.3 Å². The number of carbonyl (C=O) groups excluding carboxylic acids is 1. The van der Waals surface area contributed by atoms with Gasteiger partial charge in [0.25, 0.3) is 0 Å². The second-order valence-electron chi connectivity index (χ2n) is 3.77. The number of rotatable bonds is 2. The summed E-state index contributed by atoms with van der Waals surface area (Å²) >= 11 is 5.65. The minimum atomic E-state index is -4.42. The zero-order valence-corrected chi connectivity index (χ0v) is 10.2. The molecule has 2 aromatic rings. The molecule has 2 rings (SSSR count). The number of hydrogen-bond acceptors (Lipinski definition) is 2. The van der Waals surface area contributed by atoms with Gasteiger partial charge in [0.05, 0.1) is 5.56 Å². The lowest BCUT2D eigenvalue weighted by atomic mass is 10.0. The Bertz CT molecular complexity index is 608. The van der Waals surface area contributed by atoms with Crippen LogP contribution in [0.3, 0.4) is 0 Å². The second-order valence-corrected chi connectivity index (χ2v) is 4.16. The predicted molar refractivity (Wildman–Crippen MR) is 64.1 cm³/mol. The monoisotopic (exact) mass is 285 g/mol. The van der Waals surface area contributed by atoms with Gasteiger partial charge in [-0.1, -0.05) is 23.7 Å². The Balaban J connectivity index is 2.30. The van der Waals surface area contributed by atoms with E-state index in [1.165, 1.54) is 18.3 Å². The molecular formula is C13H7ClF3NO. The van der Waals surface area contributed by atoms with Crippen molar-refractivity contribution in [1.29, 1.82) is 0 Å². The summed E-state index contributed by atoms with van der Waals surface area (Å²) in [7, 11) is 0. The van der Waals surface area contributed by atoms with Gasteiger partial charge in [0.2, 0.25) is 0 Å². The number of benzene rings is 1. The summed E-state index contributed by atoms with van der Waals surface area (Å²) in [5, 5.41) is 0.151. The highest BCUT2D eigenvalue weighted by atomic mass is 35.5. The largest absolute Gasteiger partial charge is 0.416 e. The van der Waals surface area contributed by atoms with Crippen molar-refractivity contribution < 1.29 is 18.0 Å². The molecule has 2 nitrogen and oxygen atoms in total. The number of pyridine rings is 1. The predicted octanol–water partition coefficient (Wildman–Crippen LogP) is 3.98. The lowest BCUT2D eigenvalue weighted by Crippen LogP contribution is -2.06. The van der Waals surface area contributed by atoms with E-state index in [0.29, 0.717) is 0 Å². The molecule has 0 amide bonds. The van der Waals surface area contributed by atoms with E-state index in [1.807, 2.05) is 0 Å². The number of ketones is 1. The molecule has 0 aliphatic carbocycles. The van der Waals surface area contributed by atoms with Gasteiger partial charge in [0, 0.05) is 17.3 Å². The van der Waals surface area contributed by atoms with Gasteiger partial charge in [0.1, 0.15) is 5.15 Å². The highest BCUT2D eigenvalue weighted by Gasteiger charge is 2.30. The number of carbonyl (C=O) groups is 1. The molecule has 0 atom stereocenters. The highest BCUT2D eigenvalue weighted by Crippen LogP contribution is 2.29. The molecule has 19 heavy (non-hydrogen) atoms. The van der Waals surface area contributed by atoms with Gasteiger partial charge >= 0.3 is 6.18 Å². The van der Waals surface area contributed by atoms with E-state index >= 15 is 0 Å². The summed E-state index contributed by atoms with van der Waals surface area (Å²) in [4.78, 5) is 15.7. The van der Waals surface area contributed by atoms with E-state index in [4.69, 9.17) is 11.6 Å². The van der Waals surface area contributed by atoms with Crippen LogP contribution in [-0.4, -0.2) is 10.8 Å². The topological polar surface area (TPSA) is 30.0 Å². The number of hydrogen-bond donors (Lipinski definition) is 0. The summed E-state index contributed by atoms with van der Waals surface area (Å²) in [5.74, 6) is -0.405. The molecule has 98 valence electrons. The first-order valence-electron chi connectivity index (χ1n) is 5.21. The van der Waals surface area contributed by atoms with Gasteiger partial charge in [-0.2, -0.15) is 13.2 Å². The number of nitrogens with zero attached hydrogens (tertiary/aromatic N) is 1. The van der Waals surface area contributed by atoms with Crippen molar-refractivity contribution in [3.05, 3.63) is 64.4 Å². The first kappa shape index (κ1) is 13.5. The maximum absolute atomic E-state index is 12.4. The number of aromatic nitrogens is 1. The molecule has 1 aromatic carbocycles. The number of alkyl halides is 3. The fourth-order valence-corrected chi connectivity index (χ4v) is 1.69. The molecule has 0 saturated heterocycles. The smallest absolute Gasteiger partial charge is 0.289 e. The first-order chi connectivity index (χ1) is 8.88. The van der Waals surface area contributed by atoms with Crippen LogP contribution in [0.15, 0.2) is 42.6 Å². The summed E-state index contributed by atoms with van der Waals surface area (Å²) in [6.45, 7) is 0. The van der Waals surface area contributed by atoms with Crippen LogP contribution < -0.4 is 0 Å². The summed E-state index contributed by atoms with van der Waals surface area (Å²) in [6, 6.07) is 6.83. The third kappa shape index (κ3) is 3.12. The molecule has 0 saturated carbocycles. The van der Waals surface area contributed by atoms with E-state index < -0.39 is 17.5 Å². The van der Waals surface area contributed by atoms with Crippen molar-refractivity contribution in [2.24, 2.45) is 0 Å². The van der Waals surface area contributed by atoms with Crippen molar-refractivity contribution in [2.45, 2.75) is 6.18 Å². The van der Waals surface area contributed by atoms with Crippen LogP contribution in [0.2, 0.25) is 5.15 Å². The fourth-order valence-electron chi connectivity index (χ4n) is 1.52. The van der Waals surface area contributed by atoms with Gasteiger partial charge in [-0.3, -0.25) is 4.79 Å². The van der Waals surface area contributed by atoms with Crippen molar-refractivity contribution in [3.63, 3.8) is 0 Å². The second kappa shape index (κ2) is 5.01. The molecule has 0 aliphatic heterocycles. The van der Waals surface area contributed by atoms with Crippen LogP contribution in [0.1, 0.15) is 21.5 Å². The van der Waals surface area contributed by atoms with Crippen LogP contribution in [0, 0.1) is 0 Å². The Hall–Kier alpha value is -1.88. The minimum absolute atomic E-state index is 0.151. The van der Waals surface area contributed by atoms with Gasteiger partial charge in [-0.15, -0.1) is 0 Å². The molecule has 0 fully saturated rings. The van der Waals surface area contributed by atoms with Crippen LogP contribution in [0.5, 0.6) is 0 Å². The average molecular weight is 286 g/mol. The van der Waals surface area contributed by atoms with E-state index in [-0.39, 0.29) is 16.3 Å². The van der Waals surface area contributed by atoms with Crippen LogP contribution in [-0.2, 0) is 6.18 Å². The minimum Gasteiger partial charge on any atom is -0.289 e. The summed E-state index contributed by atoms with van der Waals surface area (Å²) < 4.78 is 37.2. The van der Waals surface area contributed by atoms with Gasteiger partial charge in [-0.25, -0.2) is 4.98 Å². The van der Waals surface area contributed by atoms with Crippen molar-refractivity contribution in [2.75, 3.05) is 0 Å². The molecule has 0 spiro atoms.